The van der Waals surface area contributed by atoms with Crippen molar-refractivity contribution in [2.45, 2.75) is 13.1 Å². The Morgan fingerprint density at radius 3 is 2.55 bits per heavy atom. The molecule has 0 spiro atoms. The van der Waals surface area contributed by atoms with E-state index in [1.165, 1.54) is 4.90 Å². The maximum Gasteiger partial charge on any atom is 0.417 e. The fraction of sp³-hybridized carbons (Fsp3) is 0.364. The first kappa shape index (κ1) is 15.7. The number of oxime groups is 1. The summed E-state index contributed by atoms with van der Waals surface area (Å²) in [5, 5.41) is 11.2. The van der Waals surface area contributed by atoms with Gasteiger partial charge in [0.2, 0.25) is 0 Å². The fourth-order valence-corrected chi connectivity index (χ4v) is 1.40. The summed E-state index contributed by atoms with van der Waals surface area (Å²) in [7, 11) is 0. The zero-order chi connectivity index (χ0) is 15.3. The molecule has 1 heterocycles. The van der Waals surface area contributed by atoms with Gasteiger partial charge in [0, 0.05) is 12.7 Å². The van der Waals surface area contributed by atoms with Crippen LogP contribution in [0.5, 0.6) is 0 Å². The highest BCUT2D eigenvalue weighted by atomic mass is 19.4. The number of amides is 1. The molecule has 6 nitrogen and oxygen atoms in total. The molecule has 0 fully saturated rings. The van der Waals surface area contributed by atoms with Crippen LogP contribution in [0, 0.1) is 0 Å². The van der Waals surface area contributed by atoms with E-state index in [2.05, 4.69) is 10.1 Å². The average molecular weight is 290 g/mol. The molecule has 0 aromatic carbocycles. The van der Waals surface area contributed by atoms with Crippen molar-refractivity contribution in [3.8, 4) is 0 Å². The van der Waals surface area contributed by atoms with E-state index in [1.54, 1.807) is 6.92 Å². The van der Waals surface area contributed by atoms with Crippen molar-refractivity contribution in [2.24, 2.45) is 10.9 Å². The number of alkyl halides is 3. The molecule has 0 aliphatic heterocycles. The molecule has 3 N–H and O–H groups in total. The third kappa shape index (κ3) is 3.84. The van der Waals surface area contributed by atoms with E-state index < -0.39 is 17.6 Å². The second-order valence-corrected chi connectivity index (χ2v) is 3.84. The van der Waals surface area contributed by atoms with Gasteiger partial charge in [0.05, 0.1) is 12.1 Å². The van der Waals surface area contributed by atoms with E-state index >= 15 is 0 Å². The molecule has 0 atom stereocenters. The number of likely N-dealkylation sites (N-methyl/N-ethyl adjacent to an activating group) is 1. The fourth-order valence-electron chi connectivity index (χ4n) is 1.40. The van der Waals surface area contributed by atoms with Gasteiger partial charge in [-0.15, -0.1) is 0 Å². The van der Waals surface area contributed by atoms with Crippen molar-refractivity contribution in [1.82, 2.24) is 9.88 Å². The van der Waals surface area contributed by atoms with Gasteiger partial charge in [0.25, 0.3) is 5.91 Å². The number of halogens is 3. The lowest BCUT2D eigenvalue weighted by atomic mass is 10.2. The highest BCUT2D eigenvalue weighted by molar-refractivity contribution is 5.95. The molecule has 1 aromatic heterocycles. The van der Waals surface area contributed by atoms with Crippen molar-refractivity contribution >= 4 is 11.7 Å². The molecule has 0 aliphatic rings. The first-order valence-electron chi connectivity index (χ1n) is 5.58. The maximum atomic E-state index is 12.4. The number of amidine groups is 1. The first-order valence-corrected chi connectivity index (χ1v) is 5.58. The number of hydrogen-bond acceptors (Lipinski definition) is 4. The van der Waals surface area contributed by atoms with Gasteiger partial charge < -0.3 is 15.8 Å². The van der Waals surface area contributed by atoms with Crippen LogP contribution in [0.3, 0.4) is 0 Å². The lowest BCUT2D eigenvalue weighted by Gasteiger charge is -2.19. The first-order chi connectivity index (χ1) is 9.29. The summed E-state index contributed by atoms with van der Waals surface area (Å²) in [5.41, 5.74) is 4.20. The van der Waals surface area contributed by atoms with Gasteiger partial charge in [-0.3, -0.25) is 9.78 Å². The van der Waals surface area contributed by atoms with Crippen LogP contribution < -0.4 is 5.73 Å². The van der Waals surface area contributed by atoms with Crippen LogP contribution in [-0.2, 0) is 6.18 Å². The molecular weight excluding hydrogens is 277 g/mol. The van der Waals surface area contributed by atoms with Gasteiger partial charge in [0.1, 0.15) is 5.69 Å². The molecule has 0 aliphatic carbocycles. The largest absolute Gasteiger partial charge is 0.417 e. The lowest BCUT2D eigenvalue weighted by molar-refractivity contribution is -0.137. The quantitative estimate of drug-likeness (QED) is 0.378. The van der Waals surface area contributed by atoms with Gasteiger partial charge in [-0.05, 0) is 19.1 Å². The van der Waals surface area contributed by atoms with Crippen molar-refractivity contribution < 1.29 is 23.2 Å². The normalized spacial score (nSPS) is 12.3. The van der Waals surface area contributed by atoms with E-state index in [9.17, 15) is 18.0 Å². The zero-order valence-electron chi connectivity index (χ0n) is 10.6. The smallest absolute Gasteiger partial charge is 0.409 e. The highest BCUT2D eigenvalue weighted by Gasteiger charge is 2.31. The van der Waals surface area contributed by atoms with Crippen LogP contribution in [-0.4, -0.2) is 39.9 Å². The van der Waals surface area contributed by atoms with E-state index in [4.69, 9.17) is 10.9 Å². The molecule has 0 unspecified atom stereocenters. The SMILES string of the molecule is CCN(C/C(N)=N/O)C(=O)c1ccc(C(F)(F)F)cn1. The standard InChI is InChI=1S/C11H13F3N4O2/c1-2-18(6-9(15)17-20)10(19)8-4-3-7(5-16-8)11(12,13)14/h3-5,20H,2,6H2,1H3,(H2,15,17). The third-order valence-corrected chi connectivity index (χ3v) is 2.46. The van der Waals surface area contributed by atoms with E-state index in [0.29, 0.717) is 6.20 Å². The molecule has 1 amide bonds. The van der Waals surface area contributed by atoms with E-state index in [-0.39, 0.29) is 24.6 Å². The van der Waals surface area contributed by atoms with Crippen LogP contribution in [0.4, 0.5) is 13.2 Å². The Labute approximate surface area is 112 Å². The molecule has 0 saturated heterocycles. The molecule has 110 valence electrons. The van der Waals surface area contributed by atoms with Crippen LogP contribution in [0.25, 0.3) is 0 Å². The Morgan fingerprint density at radius 2 is 2.15 bits per heavy atom. The number of nitrogens with zero attached hydrogens (tertiary/aromatic N) is 3. The summed E-state index contributed by atoms with van der Waals surface area (Å²) in [6.07, 6.45) is -3.92. The summed E-state index contributed by atoms with van der Waals surface area (Å²) in [4.78, 5) is 16.7. The van der Waals surface area contributed by atoms with Gasteiger partial charge in [-0.2, -0.15) is 13.2 Å². The van der Waals surface area contributed by atoms with Crippen LogP contribution in [0.1, 0.15) is 23.0 Å². The Kier molecular flexibility index (Phi) is 4.89. The highest BCUT2D eigenvalue weighted by Crippen LogP contribution is 2.28. The molecule has 20 heavy (non-hydrogen) atoms. The van der Waals surface area contributed by atoms with E-state index in [0.717, 1.165) is 12.1 Å². The van der Waals surface area contributed by atoms with Crippen molar-refractivity contribution in [3.05, 3.63) is 29.6 Å². The molecule has 0 bridgehead atoms. The van der Waals surface area contributed by atoms with Crippen LogP contribution in [0.15, 0.2) is 23.5 Å². The monoisotopic (exact) mass is 290 g/mol. The number of pyridine rings is 1. The van der Waals surface area contributed by atoms with Crippen molar-refractivity contribution in [2.75, 3.05) is 13.1 Å². The summed E-state index contributed by atoms with van der Waals surface area (Å²) in [5.74, 6) is -0.792. The molecular formula is C11H13F3N4O2. The van der Waals surface area contributed by atoms with Gasteiger partial charge in [-0.25, -0.2) is 0 Å². The van der Waals surface area contributed by atoms with Gasteiger partial charge in [0.15, 0.2) is 5.84 Å². The minimum atomic E-state index is -4.51. The second-order valence-electron chi connectivity index (χ2n) is 3.84. The minimum Gasteiger partial charge on any atom is -0.409 e. The number of aromatic nitrogens is 1. The number of carbonyl (C=O) groups is 1. The Morgan fingerprint density at radius 1 is 1.50 bits per heavy atom. The minimum absolute atomic E-state index is 0.144. The Bertz CT molecular complexity index is 499. The second kappa shape index (κ2) is 6.22. The topological polar surface area (TPSA) is 91.8 Å². The van der Waals surface area contributed by atoms with Crippen molar-refractivity contribution in [1.29, 1.82) is 0 Å². The van der Waals surface area contributed by atoms with E-state index in [1.807, 2.05) is 0 Å². The van der Waals surface area contributed by atoms with Gasteiger partial charge in [-0.1, -0.05) is 5.16 Å². The zero-order valence-corrected chi connectivity index (χ0v) is 10.6. The Balaban J connectivity index is 2.91. The maximum absolute atomic E-state index is 12.4. The summed E-state index contributed by atoms with van der Waals surface area (Å²) in [6, 6.07) is 1.76. The molecule has 1 aromatic rings. The predicted molar refractivity (Wildman–Crippen MR) is 64.2 cm³/mol. The number of nitrogens with two attached hydrogens (primary N) is 1. The number of carbonyl (C=O) groups excluding carboxylic acids is 1. The van der Waals surface area contributed by atoms with Crippen LogP contribution >= 0.6 is 0 Å². The number of hydrogen-bond donors (Lipinski definition) is 2. The lowest BCUT2D eigenvalue weighted by Crippen LogP contribution is -2.38. The van der Waals surface area contributed by atoms with Crippen LogP contribution in [0.2, 0.25) is 0 Å². The Hall–Kier alpha value is -2.32. The van der Waals surface area contributed by atoms with Crippen molar-refractivity contribution in [3.63, 3.8) is 0 Å². The van der Waals surface area contributed by atoms with Gasteiger partial charge >= 0.3 is 6.18 Å². The molecule has 9 heteroatoms. The third-order valence-electron chi connectivity index (χ3n) is 2.46. The predicted octanol–water partition coefficient (Wildman–Crippen LogP) is 1.31. The average Bonchev–Trinajstić information content (AvgIpc) is 2.42. The number of rotatable bonds is 4. The summed E-state index contributed by atoms with van der Waals surface area (Å²) in [6.45, 7) is 1.74. The molecule has 0 radical (unpaired) electrons. The summed E-state index contributed by atoms with van der Waals surface area (Å²) >= 11 is 0. The molecule has 0 saturated carbocycles. The summed E-state index contributed by atoms with van der Waals surface area (Å²) < 4.78 is 37.1. The molecule has 1 rings (SSSR count).